The van der Waals surface area contributed by atoms with Crippen LogP contribution in [0.5, 0.6) is 11.5 Å². The quantitative estimate of drug-likeness (QED) is 0.845. The molecule has 0 saturated heterocycles. The summed E-state index contributed by atoms with van der Waals surface area (Å²) in [5.41, 5.74) is 0.820. The van der Waals surface area contributed by atoms with Gasteiger partial charge in [0.2, 0.25) is 0 Å². The molecule has 0 spiro atoms. The van der Waals surface area contributed by atoms with Gasteiger partial charge in [-0.25, -0.2) is 0 Å². The van der Waals surface area contributed by atoms with Gasteiger partial charge in [0.15, 0.2) is 0 Å². The van der Waals surface area contributed by atoms with Crippen molar-refractivity contribution >= 4 is 0 Å². The van der Waals surface area contributed by atoms with Crippen molar-refractivity contribution < 1.29 is 9.84 Å². The Morgan fingerprint density at radius 2 is 2.00 bits per heavy atom. The molecule has 0 amide bonds. The maximum Gasteiger partial charge on any atom is 0.126 e. The maximum absolute atomic E-state index is 9.93. The van der Waals surface area contributed by atoms with Crippen molar-refractivity contribution in [2.75, 3.05) is 6.61 Å². The number of ether oxygens (including phenoxy) is 1. The Kier molecular flexibility index (Phi) is 2.83. The van der Waals surface area contributed by atoms with Crippen molar-refractivity contribution in [3.63, 3.8) is 0 Å². The van der Waals surface area contributed by atoms with Crippen LogP contribution in [0, 0.1) is 5.92 Å². The number of benzene rings is 1. The minimum absolute atomic E-state index is 0.0930. The fourth-order valence-corrected chi connectivity index (χ4v) is 1.89. The van der Waals surface area contributed by atoms with E-state index in [2.05, 4.69) is 20.8 Å². The molecule has 0 bridgehead atoms. The molecule has 1 N–H and O–H groups in total. The van der Waals surface area contributed by atoms with E-state index in [1.165, 1.54) is 12.8 Å². The Morgan fingerprint density at radius 3 is 2.56 bits per heavy atom. The zero-order valence-electron chi connectivity index (χ0n) is 10.3. The van der Waals surface area contributed by atoms with E-state index in [0.717, 1.165) is 23.8 Å². The van der Waals surface area contributed by atoms with Crippen molar-refractivity contribution in [3.05, 3.63) is 23.8 Å². The molecule has 0 unspecified atom stereocenters. The topological polar surface area (TPSA) is 29.5 Å². The van der Waals surface area contributed by atoms with Gasteiger partial charge in [-0.1, -0.05) is 26.8 Å². The van der Waals surface area contributed by atoms with Gasteiger partial charge in [0, 0.05) is 5.56 Å². The molecule has 1 saturated carbocycles. The Balaban J connectivity index is 2.24. The average Bonchev–Trinajstić information content (AvgIpc) is 2.95. The third-order valence-corrected chi connectivity index (χ3v) is 2.93. The molecule has 2 rings (SSSR count). The highest BCUT2D eigenvalue weighted by Gasteiger charge is 2.26. The summed E-state index contributed by atoms with van der Waals surface area (Å²) in [4.78, 5) is 0. The lowest BCUT2D eigenvalue weighted by Crippen LogP contribution is -2.14. The number of hydrogen-bond acceptors (Lipinski definition) is 2. The summed E-state index contributed by atoms with van der Waals surface area (Å²) in [5, 5.41) is 9.93. The summed E-state index contributed by atoms with van der Waals surface area (Å²) in [6.45, 7) is 7.05. The molecule has 0 atom stereocenters. The Hall–Kier alpha value is -1.18. The number of rotatable bonds is 3. The lowest BCUT2D eigenvalue weighted by Gasteiger charge is -2.23. The molecule has 2 heteroatoms. The second kappa shape index (κ2) is 4.00. The van der Waals surface area contributed by atoms with Crippen LogP contribution < -0.4 is 4.74 Å². The number of phenolic OH excluding ortho intramolecular Hbond substituents is 1. The van der Waals surface area contributed by atoms with E-state index in [4.69, 9.17) is 4.74 Å². The van der Waals surface area contributed by atoms with Crippen LogP contribution in [-0.2, 0) is 5.41 Å². The van der Waals surface area contributed by atoms with Crippen molar-refractivity contribution in [2.45, 2.75) is 39.0 Å². The van der Waals surface area contributed by atoms with Crippen LogP contribution in [-0.4, -0.2) is 11.7 Å². The first-order valence-corrected chi connectivity index (χ1v) is 5.94. The smallest absolute Gasteiger partial charge is 0.126 e. The highest BCUT2D eigenvalue weighted by molar-refractivity contribution is 5.48. The van der Waals surface area contributed by atoms with Crippen molar-refractivity contribution in [1.29, 1.82) is 0 Å². The molecule has 16 heavy (non-hydrogen) atoms. The summed E-state index contributed by atoms with van der Waals surface area (Å²) in [7, 11) is 0. The van der Waals surface area contributed by atoms with E-state index in [9.17, 15) is 5.11 Å². The van der Waals surface area contributed by atoms with Gasteiger partial charge in [-0.2, -0.15) is 0 Å². The molecular formula is C14H20O2. The second-order valence-corrected chi connectivity index (χ2v) is 5.65. The van der Waals surface area contributed by atoms with E-state index in [-0.39, 0.29) is 5.41 Å². The summed E-state index contributed by atoms with van der Waals surface area (Å²) in [6, 6.07) is 5.51. The third-order valence-electron chi connectivity index (χ3n) is 2.93. The zero-order chi connectivity index (χ0) is 11.8. The van der Waals surface area contributed by atoms with Crippen molar-refractivity contribution in [1.82, 2.24) is 0 Å². The lowest BCUT2D eigenvalue weighted by atomic mass is 9.85. The minimum Gasteiger partial charge on any atom is -0.508 e. The Labute approximate surface area is 97.3 Å². The lowest BCUT2D eigenvalue weighted by molar-refractivity contribution is 0.288. The number of phenols is 1. The van der Waals surface area contributed by atoms with Crippen molar-refractivity contribution in [3.8, 4) is 11.5 Å². The van der Waals surface area contributed by atoms with Crippen LogP contribution in [0.3, 0.4) is 0 Å². The predicted molar refractivity (Wildman–Crippen MR) is 65.0 cm³/mol. The highest BCUT2D eigenvalue weighted by atomic mass is 16.5. The van der Waals surface area contributed by atoms with Gasteiger partial charge in [-0.05, 0) is 36.3 Å². The molecule has 0 aliphatic heterocycles. The summed E-state index contributed by atoms with van der Waals surface area (Å²) < 4.78 is 5.81. The molecule has 1 fully saturated rings. The molecule has 1 aromatic carbocycles. The SMILES string of the molecule is CC(C)(C)c1c(O)cccc1OCC1CC1. The number of aromatic hydroxyl groups is 1. The van der Waals surface area contributed by atoms with Gasteiger partial charge in [-0.15, -0.1) is 0 Å². The van der Waals surface area contributed by atoms with E-state index in [1.807, 2.05) is 12.1 Å². The summed E-state index contributed by atoms with van der Waals surface area (Å²) in [6.07, 6.45) is 2.56. The van der Waals surface area contributed by atoms with Crippen molar-refractivity contribution in [2.24, 2.45) is 5.92 Å². The van der Waals surface area contributed by atoms with Gasteiger partial charge in [0.1, 0.15) is 11.5 Å². The monoisotopic (exact) mass is 220 g/mol. The standard InChI is InChI=1S/C14H20O2/c1-14(2,3)13-11(15)5-4-6-12(13)16-9-10-7-8-10/h4-6,10,15H,7-9H2,1-3H3. The van der Waals surface area contributed by atoms with E-state index < -0.39 is 0 Å². The van der Waals surface area contributed by atoms with Crippen LogP contribution in [0.4, 0.5) is 0 Å². The normalized spacial score (nSPS) is 16.2. The molecule has 0 radical (unpaired) electrons. The molecule has 0 aromatic heterocycles. The van der Waals surface area contributed by atoms with E-state index in [0.29, 0.717) is 5.75 Å². The molecule has 2 nitrogen and oxygen atoms in total. The van der Waals surface area contributed by atoms with Crippen LogP contribution in [0.25, 0.3) is 0 Å². The minimum atomic E-state index is -0.0930. The van der Waals surface area contributed by atoms with Gasteiger partial charge < -0.3 is 9.84 Å². The predicted octanol–water partition coefficient (Wildman–Crippen LogP) is 3.48. The van der Waals surface area contributed by atoms with Gasteiger partial charge >= 0.3 is 0 Å². The van der Waals surface area contributed by atoms with E-state index in [1.54, 1.807) is 6.07 Å². The number of hydrogen-bond donors (Lipinski definition) is 1. The van der Waals surface area contributed by atoms with Gasteiger partial charge in [0.05, 0.1) is 6.61 Å². The highest BCUT2D eigenvalue weighted by Crippen LogP contribution is 2.39. The van der Waals surface area contributed by atoms with Crippen LogP contribution in [0.1, 0.15) is 39.2 Å². The van der Waals surface area contributed by atoms with E-state index >= 15 is 0 Å². The van der Waals surface area contributed by atoms with Gasteiger partial charge in [0.25, 0.3) is 0 Å². The fourth-order valence-electron chi connectivity index (χ4n) is 1.89. The first kappa shape index (κ1) is 11.3. The first-order chi connectivity index (χ1) is 7.48. The molecule has 1 aromatic rings. The van der Waals surface area contributed by atoms with Crippen LogP contribution in [0.2, 0.25) is 0 Å². The van der Waals surface area contributed by atoms with Gasteiger partial charge in [-0.3, -0.25) is 0 Å². The molecule has 88 valence electrons. The third kappa shape index (κ3) is 2.49. The zero-order valence-corrected chi connectivity index (χ0v) is 10.3. The maximum atomic E-state index is 9.93. The fraction of sp³-hybridized carbons (Fsp3) is 0.571. The summed E-state index contributed by atoms with van der Waals surface area (Å²) >= 11 is 0. The first-order valence-electron chi connectivity index (χ1n) is 5.94. The molecular weight excluding hydrogens is 200 g/mol. The Morgan fingerprint density at radius 1 is 1.31 bits per heavy atom. The molecule has 1 aliphatic rings. The van der Waals surface area contributed by atoms with Crippen LogP contribution >= 0.6 is 0 Å². The second-order valence-electron chi connectivity index (χ2n) is 5.65. The molecule has 0 heterocycles. The Bertz CT molecular complexity index is 373. The average molecular weight is 220 g/mol. The summed E-state index contributed by atoms with van der Waals surface area (Å²) in [5.74, 6) is 1.90. The largest absolute Gasteiger partial charge is 0.508 e. The van der Waals surface area contributed by atoms with Crippen LogP contribution in [0.15, 0.2) is 18.2 Å². The molecule has 1 aliphatic carbocycles.